The van der Waals surface area contributed by atoms with Gasteiger partial charge in [-0.3, -0.25) is 9.00 Å². The summed E-state index contributed by atoms with van der Waals surface area (Å²) in [5.41, 5.74) is 0. The van der Waals surface area contributed by atoms with E-state index in [1.165, 1.54) is 0 Å². The normalized spacial score (nSPS) is 15.2. The first-order valence-corrected chi connectivity index (χ1v) is 6.13. The molecule has 0 radical (unpaired) electrons. The molecule has 2 N–H and O–H groups in total. The highest BCUT2D eigenvalue weighted by Crippen LogP contribution is 1.97. The molecular formula is C9H19NO3S. The van der Waals surface area contributed by atoms with Crippen molar-refractivity contribution in [2.24, 2.45) is 5.92 Å². The average Bonchev–Trinajstić information content (AvgIpc) is 2.13. The number of amides is 1. The number of carbonyl (C=O) groups excluding carboxylic acids is 1. The Hall–Kier alpha value is -0.420. The first-order chi connectivity index (χ1) is 6.49. The first kappa shape index (κ1) is 13.6. The van der Waals surface area contributed by atoms with Gasteiger partial charge in [-0.25, -0.2) is 0 Å². The van der Waals surface area contributed by atoms with Crippen LogP contribution in [0.2, 0.25) is 0 Å². The van der Waals surface area contributed by atoms with Crippen LogP contribution in [0.1, 0.15) is 20.8 Å². The van der Waals surface area contributed by atoms with Crippen molar-refractivity contribution < 1.29 is 14.1 Å². The van der Waals surface area contributed by atoms with Gasteiger partial charge in [0.25, 0.3) is 0 Å². The lowest BCUT2D eigenvalue weighted by atomic mass is 10.2. The van der Waals surface area contributed by atoms with Gasteiger partial charge in [0.05, 0.1) is 6.61 Å². The van der Waals surface area contributed by atoms with Crippen molar-refractivity contribution in [1.29, 1.82) is 0 Å². The molecule has 0 spiro atoms. The van der Waals surface area contributed by atoms with Gasteiger partial charge in [-0.1, -0.05) is 13.8 Å². The van der Waals surface area contributed by atoms with Crippen LogP contribution in [0.3, 0.4) is 0 Å². The van der Waals surface area contributed by atoms with E-state index in [0.717, 1.165) is 0 Å². The molecule has 0 aliphatic rings. The number of hydrogen-bond donors (Lipinski definition) is 2. The van der Waals surface area contributed by atoms with Crippen LogP contribution in [0.5, 0.6) is 0 Å². The van der Waals surface area contributed by atoms with Crippen LogP contribution < -0.4 is 5.32 Å². The standard InChI is InChI=1S/C9H19NO3S/c1-7(2)6-10-9(12)8(3)14(13)5-4-11/h7-8,11H,4-6H2,1-3H3,(H,10,12). The largest absolute Gasteiger partial charge is 0.395 e. The summed E-state index contributed by atoms with van der Waals surface area (Å²) in [6, 6.07) is 0. The van der Waals surface area contributed by atoms with E-state index in [-0.39, 0.29) is 18.3 Å². The Balaban J connectivity index is 3.92. The Labute approximate surface area is 87.5 Å². The van der Waals surface area contributed by atoms with Gasteiger partial charge in [-0.2, -0.15) is 0 Å². The van der Waals surface area contributed by atoms with Gasteiger partial charge in [-0.15, -0.1) is 0 Å². The fourth-order valence-electron chi connectivity index (χ4n) is 0.835. The van der Waals surface area contributed by atoms with E-state index in [0.29, 0.717) is 12.5 Å². The molecule has 4 nitrogen and oxygen atoms in total. The summed E-state index contributed by atoms with van der Waals surface area (Å²) >= 11 is 0. The van der Waals surface area contributed by atoms with Crippen LogP contribution in [0.4, 0.5) is 0 Å². The third-order valence-electron chi connectivity index (χ3n) is 1.74. The Morgan fingerprint density at radius 3 is 2.43 bits per heavy atom. The first-order valence-electron chi connectivity index (χ1n) is 4.74. The van der Waals surface area contributed by atoms with Crippen molar-refractivity contribution >= 4 is 16.7 Å². The van der Waals surface area contributed by atoms with Crippen molar-refractivity contribution in [2.45, 2.75) is 26.0 Å². The maximum absolute atomic E-state index is 11.4. The summed E-state index contributed by atoms with van der Waals surface area (Å²) in [5, 5.41) is 10.7. The molecule has 0 fully saturated rings. The van der Waals surface area contributed by atoms with Crippen LogP contribution in [0, 0.1) is 5.92 Å². The lowest BCUT2D eigenvalue weighted by Gasteiger charge is -2.12. The van der Waals surface area contributed by atoms with Crippen LogP contribution in [0.15, 0.2) is 0 Å². The van der Waals surface area contributed by atoms with E-state index in [1.807, 2.05) is 13.8 Å². The van der Waals surface area contributed by atoms with Crippen LogP contribution >= 0.6 is 0 Å². The van der Waals surface area contributed by atoms with Crippen LogP contribution in [0.25, 0.3) is 0 Å². The Morgan fingerprint density at radius 1 is 1.43 bits per heavy atom. The number of nitrogens with one attached hydrogen (secondary N) is 1. The molecular weight excluding hydrogens is 202 g/mol. The maximum atomic E-state index is 11.4. The lowest BCUT2D eigenvalue weighted by molar-refractivity contribution is -0.120. The predicted octanol–water partition coefficient (Wildman–Crippen LogP) is -0.112. The molecule has 0 aliphatic heterocycles. The minimum Gasteiger partial charge on any atom is -0.395 e. The van der Waals surface area contributed by atoms with Crippen molar-refractivity contribution in [2.75, 3.05) is 18.9 Å². The van der Waals surface area contributed by atoms with E-state index in [2.05, 4.69) is 5.32 Å². The smallest absolute Gasteiger partial charge is 0.235 e. The van der Waals surface area contributed by atoms with Crippen LogP contribution in [-0.4, -0.2) is 39.4 Å². The third-order valence-corrected chi connectivity index (χ3v) is 3.33. The quantitative estimate of drug-likeness (QED) is 0.657. The third kappa shape index (κ3) is 5.34. The Bertz CT molecular complexity index is 206. The van der Waals surface area contributed by atoms with E-state index in [4.69, 9.17) is 5.11 Å². The van der Waals surface area contributed by atoms with Crippen molar-refractivity contribution in [1.82, 2.24) is 5.32 Å². The highest BCUT2D eigenvalue weighted by molar-refractivity contribution is 7.86. The molecule has 2 unspecified atom stereocenters. The van der Waals surface area contributed by atoms with Gasteiger partial charge in [0.15, 0.2) is 0 Å². The minimum atomic E-state index is -1.27. The van der Waals surface area contributed by atoms with E-state index in [1.54, 1.807) is 6.92 Å². The Kier molecular flexibility index (Phi) is 6.74. The van der Waals surface area contributed by atoms with Gasteiger partial charge in [0, 0.05) is 23.1 Å². The number of aliphatic hydroxyl groups excluding tert-OH is 1. The zero-order valence-corrected chi connectivity index (χ0v) is 9.76. The van der Waals surface area contributed by atoms with Crippen LogP contribution in [-0.2, 0) is 15.6 Å². The molecule has 14 heavy (non-hydrogen) atoms. The lowest BCUT2D eigenvalue weighted by Crippen LogP contribution is -2.38. The second kappa shape index (κ2) is 6.95. The SMILES string of the molecule is CC(C)CNC(=O)C(C)S(=O)CCO. The van der Waals surface area contributed by atoms with Gasteiger partial charge in [-0.05, 0) is 12.8 Å². The zero-order valence-electron chi connectivity index (χ0n) is 8.95. The highest BCUT2D eigenvalue weighted by atomic mass is 32.2. The summed E-state index contributed by atoms with van der Waals surface area (Å²) in [5.74, 6) is 0.346. The minimum absolute atomic E-state index is 0.144. The van der Waals surface area contributed by atoms with Gasteiger partial charge < -0.3 is 10.4 Å². The molecule has 0 aromatic carbocycles. The molecule has 0 rings (SSSR count). The van der Waals surface area contributed by atoms with Crippen molar-refractivity contribution in [3.05, 3.63) is 0 Å². The second-order valence-corrected chi connectivity index (χ2v) is 5.47. The maximum Gasteiger partial charge on any atom is 0.235 e. The monoisotopic (exact) mass is 221 g/mol. The zero-order chi connectivity index (χ0) is 11.1. The molecule has 0 aliphatic carbocycles. The molecule has 0 heterocycles. The molecule has 0 bridgehead atoms. The molecule has 0 aromatic rings. The summed E-state index contributed by atoms with van der Waals surface area (Å²) in [6.07, 6.45) is 0. The predicted molar refractivity (Wildman–Crippen MR) is 57.4 cm³/mol. The molecule has 0 saturated heterocycles. The number of carbonyl (C=O) groups is 1. The average molecular weight is 221 g/mol. The molecule has 5 heteroatoms. The number of hydrogen-bond acceptors (Lipinski definition) is 3. The molecule has 0 aromatic heterocycles. The summed E-state index contributed by atoms with van der Waals surface area (Å²) in [6.45, 7) is 6.06. The summed E-state index contributed by atoms with van der Waals surface area (Å²) in [7, 11) is -1.27. The van der Waals surface area contributed by atoms with Crippen molar-refractivity contribution in [3.63, 3.8) is 0 Å². The van der Waals surface area contributed by atoms with Gasteiger partial charge in [0.2, 0.25) is 5.91 Å². The van der Waals surface area contributed by atoms with E-state index >= 15 is 0 Å². The number of aliphatic hydroxyl groups is 1. The molecule has 0 saturated carbocycles. The van der Waals surface area contributed by atoms with Gasteiger partial charge in [0.1, 0.15) is 5.25 Å². The van der Waals surface area contributed by atoms with Gasteiger partial charge >= 0.3 is 0 Å². The summed E-state index contributed by atoms with van der Waals surface area (Å²) < 4.78 is 11.3. The van der Waals surface area contributed by atoms with E-state index < -0.39 is 16.0 Å². The fraction of sp³-hybridized carbons (Fsp3) is 0.889. The number of rotatable bonds is 6. The topological polar surface area (TPSA) is 66.4 Å². The fourth-order valence-corrected chi connectivity index (χ4v) is 1.69. The molecule has 84 valence electrons. The van der Waals surface area contributed by atoms with E-state index in [9.17, 15) is 9.00 Å². The second-order valence-electron chi connectivity index (χ2n) is 3.59. The summed E-state index contributed by atoms with van der Waals surface area (Å²) in [4.78, 5) is 11.4. The van der Waals surface area contributed by atoms with Crippen molar-refractivity contribution in [3.8, 4) is 0 Å². The molecule has 1 amide bonds. The highest BCUT2D eigenvalue weighted by Gasteiger charge is 2.18. The Morgan fingerprint density at radius 2 is 2.00 bits per heavy atom. The molecule has 2 atom stereocenters.